The van der Waals surface area contributed by atoms with Crippen LogP contribution < -0.4 is 22.1 Å². The number of fused-ring (bicyclic) bond motifs is 11. The van der Waals surface area contributed by atoms with Crippen LogP contribution in [0.4, 0.5) is 0 Å². The molecule has 0 aliphatic carbocycles. The van der Waals surface area contributed by atoms with Gasteiger partial charge in [-0.3, -0.25) is 0 Å². The first-order chi connectivity index (χ1) is 53.7. The standard InChI is InChI=1S/C102H97BN10/c1-97(2,3)65-42-30-59(31-43-65)77-58-78(106-94(105-77)63-38-50-69(51-39-63)101(13,14)15)86(60-32-44-66(45-33-60)98(4,5)6)107-93(104)73-54-56-75-91-83(73)71-24-19-21-26-79(71)112(91)81-28-23-29-82-85(81)103(75)76-57-55-74(84-72-25-20-22-27-80(72)113(82)92(76)84)96-109-88(62-36-48-68(49-37-62)100(10,11)12)89-90(111-96)87(61-34-46-67(47-35-61)99(7,8)9)108-95(110-89)64-40-52-70(53-41-64)102(16,17)18/h19-57H,58H2,1-18H3,(H2,104,107)/b86-78+. The summed E-state index contributed by atoms with van der Waals surface area (Å²) >= 11 is 0. The quantitative estimate of drug-likeness (QED) is 0.0875. The topological polar surface area (TPSA) is 125 Å². The molecule has 18 rings (SSSR count). The molecule has 0 spiro atoms. The van der Waals surface area contributed by atoms with Gasteiger partial charge in [-0.15, -0.1) is 0 Å². The molecule has 558 valence electrons. The fourth-order valence-corrected chi connectivity index (χ4v) is 17.2. The van der Waals surface area contributed by atoms with Crippen molar-refractivity contribution in [2.75, 3.05) is 0 Å². The van der Waals surface area contributed by atoms with E-state index in [0.717, 1.165) is 122 Å². The summed E-state index contributed by atoms with van der Waals surface area (Å²) < 4.78 is 5.01. The lowest BCUT2D eigenvalue weighted by atomic mass is 9.34. The van der Waals surface area contributed by atoms with Crippen LogP contribution >= 0.6 is 0 Å². The van der Waals surface area contributed by atoms with Crippen molar-refractivity contribution in [3.63, 3.8) is 0 Å². The third-order valence-corrected chi connectivity index (χ3v) is 23.7. The van der Waals surface area contributed by atoms with Crippen molar-refractivity contribution in [2.24, 2.45) is 20.7 Å². The fourth-order valence-electron chi connectivity index (χ4n) is 17.2. The van der Waals surface area contributed by atoms with E-state index in [2.05, 4.69) is 370 Å². The van der Waals surface area contributed by atoms with E-state index >= 15 is 0 Å². The van der Waals surface area contributed by atoms with Crippen LogP contribution in [0.5, 0.6) is 0 Å². The Bertz CT molecular complexity index is 6560. The van der Waals surface area contributed by atoms with Crippen LogP contribution in [0.1, 0.15) is 187 Å². The Morgan fingerprint density at radius 3 is 1.25 bits per heavy atom. The molecular weight excluding hydrogens is 1380 g/mol. The van der Waals surface area contributed by atoms with E-state index in [9.17, 15) is 0 Å². The molecule has 0 fully saturated rings. The number of hydrogen-bond acceptors (Lipinski definition) is 7. The van der Waals surface area contributed by atoms with Crippen molar-refractivity contribution < 1.29 is 0 Å². The van der Waals surface area contributed by atoms with Gasteiger partial charge >= 0.3 is 0 Å². The van der Waals surface area contributed by atoms with Crippen LogP contribution in [-0.2, 0) is 32.5 Å². The lowest BCUT2D eigenvalue weighted by Crippen LogP contribution is -2.59. The first kappa shape index (κ1) is 72.6. The van der Waals surface area contributed by atoms with Crippen LogP contribution in [0.25, 0.3) is 117 Å². The van der Waals surface area contributed by atoms with E-state index in [0.29, 0.717) is 46.5 Å². The van der Waals surface area contributed by atoms with E-state index in [4.69, 9.17) is 40.6 Å². The van der Waals surface area contributed by atoms with Gasteiger partial charge in [0, 0.05) is 78.3 Å². The third kappa shape index (κ3) is 12.4. The largest absolute Gasteiger partial charge is 0.383 e. The van der Waals surface area contributed by atoms with Crippen LogP contribution in [0.3, 0.4) is 0 Å². The van der Waals surface area contributed by atoms with Crippen LogP contribution in [-0.4, -0.2) is 53.2 Å². The Balaban J connectivity index is 0.851. The average molecular weight is 1470 g/mol. The number of nitrogens with zero attached hydrogens (tertiary/aromatic N) is 9. The number of rotatable bonds is 9. The number of aromatic nitrogens is 6. The van der Waals surface area contributed by atoms with E-state index < -0.39 is 0 Å². The fraction of sp³-hybridized carbons (Fsp3) is 0.245. The molecule has 0 saturated heterocycles. The Morgan fingerprint density at radius 1 is 0.372 bits per heavy atom. The normalized spacial score (nSPS) is 14.5. The molecule has 3 aliphatic heterocycles. The highest BCUT2D eigenvalue weighted by atomic mass is 15.0. The second kappa shape index (κ2) is 26.1. The van der Waals surface area contributed by atoms with E-state index in [1.54, 1.807) is 0 Å². The SMILES string of the molecule is CC(C)(C)c1ccc(C2=NC(c3ccc(C(C)(C)C)cc3)=N/C(=C(/N=C(N)c3ccc4c5c3c3ccccc3n5-c3cccc5c3B4c3ccc(-c4nc(-c6ccc(C(C)(C)C)cc6)c6nc(-c7ccc(C(C)(C)C)cc7)nc(-c7ccc(C(C)(C)C)cc7)c6n4)c4c6ccccc6n-5c34)c3ccc(C(C)(C)C)cc3)C2)cc1. The highest BCUT2D eigenvalue weighted by molar-refractivity contribution is 7.00. The molecule has 15 aromatic rings. The summed E-state index contributed by atoms with van der Waals surface area (Å²) in [6, 6.07) is 86.8. The molecule has 0 saturated carbocycles. The Kier molecular flexibility index (Phi) is 16.7. The minimum atomic E-state index is -0.205. The number of aliphatic imine (C=N–C) groups is 3. The van der Waals surface area contributed by atoms with Gasteiger partial charge in [-0.05, 0) is 112 Å². The molecule has 11 aromatic carbocycles. The zero-order valence-electron chi connectivity index (χ0n) is 68.4. The van der Waals surface area contributed by atoms with Gasteiger partial charge < -0.3 is 14.9 Å². The average Bonchev–Trinajstić information content (AvgIpc) is 1.53. The maximum Gasteiger partial charge on any atom is 0.252 e. The van der Waals surface area contributed by atoms with Crippen molar-refractivity contribution in [2.45, 2.75) is 164 Å². The zero-order chi connectivity index (χ0) is 78.9. The predicted molar refractivity (Wildman–Crippen MR) is 477 cm³/mol. The lowest BCUT2D eigenvalue weighted by Gasteiger charge is -2.33. The number of para-hydroxylation sites is 2. The lowest BCUT2D eigenvalue weighted by molar-refractivity contribution is 0.590. The van der Waals surface area contributed by atoms with Crippen LogP contribution in [0.15, 0.2) is 257 Å². The number of allylic oxidation sites excluding steroid dienone is 1. The maximum absolute atomic E-state index is 7.88. The molecule has 3 aliphatic rings. The number of amidine groups is 2. The monoisotopic (exact) mass is 1470 g/mol. The van der Waals surface area contributed by atoms with Gasteiger partial charge in [0.25, 0.3) is 6.71 Å². The van der Waals surface area contributed by atoms with E-state index in [1.807, 2.05) is 0 Å². The van der Waals surface area contributed by atoms with Crippen molar-refractivity contribution in [1.82, 2.24) is 29.1 Å². The number of benzene rings is 11. The highest BCUT2D eigenvalue weighted by Gasteiger charge is 2.42. The summed E-state index contributed by atoms with van der Waals surface area (Å²) in [6.45, 7) is 40.3. The summed E-state index contributed by atoms with van der Waals surface area (Å²) in [5.74, 6) is 2.23. The maximum atomic E-state index is 7.88. The van der Waals surface area contributed by atoms with Gasteiger partial charge in [-0.1, -0.05) is 337 Å². The Morgan fingerprint density at radius 2 is 0.770 bits per heavy atom. The van der Waals surface area contributed by atoms with Crippen molar-refractivity contribution in [1.29, 1.82) is 0 Å². The van der Waals surface area contributed by atoms with Gasteiger partial charge in [-0.25, -0.2) is 34.9 Å². The second-order valence-corrected chi connectivity index (χ2v) is 37.6. The molecular formula is C102H97BN10. The first-order valence-corrected chi connectivity index (χ1v) is 40.0. The molecule has 7 heterocycles. The first-order valence-electron chi connectivity index (χ1n) is 40.0. The molecule has 0 unspecified atom stereocenters. The Labute approximate surface area is 664 Å². The van der Waals surface area contributed by atoms with Crippen molar-refractivity contribution in [3.05, 3.63) is 298 Å². The zero-order valence-corrected chi connectivity index (χ0v) is 68.4. The van der Waals surface area contributed by atoms with Crippen molar-refractivity contribution in [3.8, 4) is 56.7 Å². The predicted octanol–water partition coefficient (Wildman–Crippen LogP) is 22.6. The molecule has 0 amide bonds. The molecule has 4 aromatic heterocycles. The Hall–Kier alpha value is -11.9. The van der Waals surface area contributed by atoms with E-state index in [1.165, 1.54) is 49.8 Å². The van der Waals surface area contributed by atoms with Gasteiger partial charge in [0.2, 0.25) is 0 Å². The molecule has 11 heteroatoms. The van der Waals surface area contributed by atoms with E-state index in [-0.39, 0.29) is 39.2 Å². The van der Waals surface area contributed by atoms with Gasteiger partial charge in [0.05, 0.1) is 39.2 Å². The smallest absolute Gasteiger partial charge is 0.252 e. The highest BCUT2D eigenvalue weighted by Crippen LogP contribution is 2.46. The summed E-state index contributed by atoms with van der Waals surface area (Å²) in [6.07, 6.45) is 0.430. The van der Waals surface area contributed by atoms with Crippen LogP contribution in [0.2, 0.25) is 0 Å². The number of hydrogen-bond donors (Lipinski definition) is 1. The molecule has 10 nitrogen and oxygen atoms in total. The van der Waals surface area contributed by atoms with Gasteiger partial charge in [0.15, 0.2) is 17.5 Å². The summed E-state index contributed by atoms with van der Waals surface area (Å²) in [4.78, 5) is 39.6. The second-order valence-electron chi connectivity index (χ2n) is 37.6. The van der Waals surface area contributed by atoms with Gasteiger partial charge in [-0.2, -0.15) is 0 Å². The summed E-state index contributed by atoms with van der Waals surface area (Å²) in [5, 5.41) is 4.31. The third-order valence-electron chi connectivity index (χ3n) is 23.7. The van der Waals surface area contributed by atoms with Crippen molar-refractivity contribution >= 4 is 101 Å². The molecule has 2 N–H and O–H groups in total. The van der Waals surface area contributed by atoms with Crippen LogP contribution in [0, 0.1) is 0 Å². The summed E-state index contributed by atoms with van der Waals surface area (Å²) in [7, 11) is 0. The molecule has 0 atom stereocenters. The van der Waals surface area contributed by atoms with Gasteiger partial charge in [0.1, 0.15) is 28.3 Å². The number of nitrogens with two attached hydrogens (primary N) is 1. The molecule has 0 radical (unpaired) electrons. The molecule has 0 bridgehead atoms. The molecule has 113 heavy (non-hydrogen) atoms. The minimum Gasteiger partial charge on any atom is -0.383 e. The summed E-state index contributed by atoms with van der Waals surface area (Å²) in [5.41, 5.74) is 37.9. The minimum absolute atomic E-state index is 0.0216.